The Morgan fingerprint density at radius 1 is 1.29 bits per heavy atom. The molecule has 1 aromatic heterocycles. The minimum Gasteiger partial charge on any atom is -0.354 e. The van der Waals surface area contributed by atoms with Gasteiger partial charge in [-0.3, -0.25) is 5.32 Å². The summed E-state index contributed by atoms with van der Waals surface area (Å²) < 4.78 is 0. The van der Waals surface area contributed by atoms with Gasteiger partial charge in [0.2, 0.25) is 0 Å². The summed E-state index contributed by atoms with van der Waals surface area (Å²) in [5.41, 5.74) is 0. The lowest BCUT2D eigenvalue weighted by atomic mass is 10.3. The van der Waals surface area contributed by atoms with E-state index < -0.39 is 0 Å². The molecule has 1 fully saturated rings. The van der Waals surface area contributed by atoms with Crippen LogP contribution in [0.2, 0.25) is 0 Å². The zero-order chi connectivity index (χ0) is 12.3. The Hall–Kier alpha value is -1.87. The van der Waals surface area contributed by atoms with Gasteiger partial charge in [0, 0.05) is 32.2 Å². The minimum atomic E-state index is 0.564. The molecule has 0 amide bonds. The molecule has 0 atom stereocenters. The lowest BCUT2D eigenvalue weighted by Gasteiger charge is -2.33. The Morgan fingerprint density at radius 3 is 2.65 bits per heavy atom. The molecule has 17 heavy (non-hydrogen) atoms. The monoisotopic (exact) mass is 232 g/mol. The molecule has 2 rings (SSSR count). The van der Waals surface area contributed by atoms with Gasteiger partial charge in [0.25, 0.3) is 0 Å². The zero-order valence-electron chi connectivity index (χ0n) is 10.1. The summed E-state index contributed by atoms with van der Waals surface area (Å²) in [5, 5.41) is 11.2. The third-order valence-electron chi connectivity index (χ3n) is 2.84. The van der Waals surface area contributed by atoms with E-state index in [1.807, 2.05) is 19.2 Å². The van der Waals surface area contributed by atoms with E-state index in [4.69, 9.17) is 5.26 Å². The van der Waals surface area contributed by atoms with Crippen molar-refractivity contribution in [3.63, 3.8) is 0 Å². The molecule has 0 bridgehead atoms. The van der Waals surface area contributed by atoms with Crippen LogP contribution < -0.4 is 10.2 Å². The molecule has 0 aromatic carbocycles. The molecule has 1 saturated heterocycles. The van der Waals surface area contributed by atoms with Crippen molar-refractivity contribution in [3.05, 3.63) is 11.9 Å². The molecule has 6 nitrogen and oxygen atoms in total. The largest absolute Gasteiger partial charge is 0.354 e. The molecule has 1 aromatic rings. The zero-order valence-corrected chi connectivity index (χ0v) is 10.1. The SMILES string of the molecule is Cc1nc(NC#N)cc(N2CCN(C)CC2)n1. The Labute approximate surface area is 101 Å². The molecule has 0 radical (unpaired) electrons. The minimum absolute atomic E-state index is 0.564. The highest BCUT2D eigenvalue weighted by molar-refractivity contribution is 5.51. The van der Waals surface area contributed by atoms with Gasteiger partial charge in [0.15, 0.2) is 6.19 Å². The molecular formula is C11H16N6. The van der Waals surface area contributed by atoms with Crippen molar-refractivity contribution in [2.75, 3.05) is 43.4 Å². The number of nitriles is 1. The molecule has 2 heterocycles. The molecule has 1 aliphatic rings. The van der Waals surface area contributed by atoms with Gasteiger partial charge in [-0.25, -0.2) is 9.97 Å². The maximum atomic E-state index is 8.60. The van der Waals surface area contributed by atoms with Crippen LogP contribution in [0.1, 0.15) is 5.82 Å². The summed E-state index contributed by atoms with van der Waals surface area (Å²) in [7, 11) is 2.12. The van der Waals surface area contributed by atoms with Crippen LogP contribution in [0.15, 0.2) is 6.07 Å². The second-order valence-electron chi connectivity index (χ2n) is 4.19. The van der Waals surface area contributed by atoms with Crippen molar-refractivity contribution < 1.29 is 0 Å². The van der Waals surface area contributed by atoms with Gasteiger partial charge in [0.05, 0.1) is 0 Å². The molecule has 0 spiro atoms. The number of nitrogens with one attached hydrogen (secondary N) is 1. The van der Waals surface area contributed by atoms with Crippen LogP contribution >= 0.6 is 0 Å². The average molecular weight is 232 g/mol. The van der Waals surface area contributed by atoms with Crippen LogP contribution in [0.4, 0.5) is 11.6 Å². The predicted octanol–water partition coefficient (Wildman–Crippen LogP) is 0.430. The first-order chi connectivity index (χ1) is 8.19. The van der Waals surface area contributed by atoms with Crippen LogP contribution in [-0.4, -0.2) is 48.1 Å². The normalized spacial score (nSPS) is 16.6. The van der Waals surface area contributed by atoms with E-state index in [0.717, 1.165) is 32.0 Å². The van der Waals surface area contributed by atoms with E-state index in [9.17, 15) is 0 Å². The summed E-state index contributed by atoms with van der Waals surface area (Å²) in [6.45, 7) is 5.81. The molecule has 6 heteroatoms. The summed E-state index contributed by atoms with van der Waals surface area (Å²) in [5.74, 6) is 2.14. The maximum absolute atomic E-state index is 8.60. The number of piperazine rings is 1. The molecular weight excluding hydrogens is 216 g/mol. The highest BCUT2D eigenvalue weighted by atomic mass is 15.3. The fourth-order valence-corrected chi connectivity index (χ4v) is 1.87. The highest BCUT2D eigenvalue weighted by Crippen LogP contribution is 2.17. The number of hydrogen-bond donors (Lipinski definition) is 1. The van der Waals surface area contributed by atoms with E-state index >= 15 is 0 Å². The third-order valence-corrected chi connectivity index (χ3v) is 2.84. The van der Waals surface area contributed by atoms with Gasteiger partial charge in [-0.1, -0.05) is 0 Å². The van der Waals surface area contributed by atoms with Crippen molar-refractivity contribution in [2.45, 2.75) is 6.92 Å². The maximum Gasteiger partial charge on any atom is 0.182 e. The van der Waals surface area contributed by atoms with E-state index in [1.165, 1.54) is 0 Å². The number of aryl methyl sites for hydroxylation is 1. The van der Waals surface area contributed by atoms with Crippen molar-refractivity contribution in [1.82, 2.24) is 14.9 Å². The van der Waals surface area contributed by atoms with E-state index in [1.54, 1.807) is 0 Å². The topological polar surface area (TPSA) is 68.1 Å². The molecule has 1 aliphatic heterocycles. The van der Waals surface area contributed by atoms with Crippen LogP contribution in [0.3, 0.4) is 0 Å². The van der Waals surface area contributed by atoms with Gasteiger partial charge < -0.3 is 9.80 Å². The lowest BCUT2D eigenvalue weighted by molar-refractivity contribution is 0.312. The first kappa shape index (κ1) is 11.6. The van der Waals surface area contributed by atoms with Crippen LogP contribution in [0.5, 0.6) is 0 Å². The third kappa shape index (κ3) is 2.82. The summed E-state index contributed by atoms with van der Waals surface area (Å²) in [4.78, 5) is 13.1. The number of aromatic nitrogens is 2. The first-order valence-electron chi connectivity index (χ1n) is 5.63. The quantitative estimate of drug-likeness (QED) is 0.589. The van der Waals surface area contributed by atoms with E-state index in [0.29, 0.717) is 11.6 Å². The van der Waals surface area contributed by atoms with Gasteiger partial charge in [0.1, 0.15) is 17.5 Å². The Bertz CT molecular complexity index is 430. The Kier molecular flexibility index (Phi) is 3.40. The van der Waals surface area contributed by atoms with Crippen LogP contribution in [0.25, 0.3) is 0 Å². The summed E-state index contributed by atoms with van der Waals surface area (Å²) in [6, 6.07) is 1.82. The van der Waals surface area contributed by atoms with E-state index in [-0.39, 0.29) is 0 Å². The molecule has 0 saturated carbocycles. The number of hydrogen-bond acceptors (Lipinski definition) is 6. The second kappa shape index (κ2) is 4.97. The second-order valence-corrected chi connectivity index (χ2v) is 4.19. The van der Waals surface area contributed by atoms with Gasteiger partial charge in [-0.2, -0.15) is 5.26 Å². The number of rotatable bonds is 2. The molecule has 1 N–H and O–H groups in total. The van der Waals surface area contributed by atoms with Crippen LogP contribution in [-0.2, 0) is 0 Å². The fraction of sp³-hybridized carbons (Fsp3) is 0.545. The van der Waals surface area contributed by atoms with Crippen molar-refractivity contribution in [1.29, 1.82) is 5.26 Å². The predicted molar refractivity (Wildman–Crippen MR) is 65.7 cm³/mol. The Balaban J connectivity index is 2.17. The summed E-state index contributed by atoms with van der Waals surface area (Å²) >= 11 is 0. The van der Waals surface area contributed by atoms with Gasteiger partial charge >= 0.3 is 0 Å². The lowest BCUT2D eigenvalue weighted by Crippen LogP contribution is -2.44. The number of anilines is 2. The molecule has 0 aliphatic carbocycles. The smallest absolute Gasteiger partial charge is 0.182 e. The van der Waals surface area contributed by atoms with Crippen molar-refractivity contribution >= 4 is 11.6 Å². The van der Waals surface area contributed by atoms with Crippen molar-refractivity contribution in [2.24, 2.45) is 0 Å². The first-order valence-corrected chi connectivity index (χ1v) is 5.63. The summed E-state index contributed by atoms with van der Waals surface area (Å²) in [6.07, 6.45) is 1.88. The van der Waals surface area contributed by atoms with Gasteiger partial charge in [-0.15, -0.1) is 0 Å². The van der Waals surface area contributed by atoms with E-state index in [2.05, 4.69) is 32.1 Å². The average Bonchev–Trinajstić information content (AvgIpc) is 2.29. The standard InChI is InChI=1S/C11H16N6/c1-9-14-10(13-8-12)7-11(15-9)17-5-3-16(2)4-6-17/h7H,3-6H2,1-2H3,(H,13,14,15). The number of likely N-dealkylation sites (N-methyl/N-ethyl adjacent to an activating group) is 1. The Morgan fingerprint density at radius 2 is 2.00 bits per heavy atom. The highest BCUT2D eigenvalue weighted by Gasteiger charge is 2.16. The molecule has 90 valence electrons. The number of nitrogens with zero attached hydrogens (tertiary/aromatic N) is 5. The van der Waals surface area contributed by atoms with Crippen LogP contribution in [0, 0.1) is 18.4 Å². The van der Waals surface area contributed by atoms with Gasteiger partial charge in [-0.05, 0) is 14.0 Å². The fourth-order valence-electron chi connectivity index (χ4n) is 1.87. The molecule has 0 unspecified atom stereocenters. The van der Waals surface area contributed by atoms with Crippen molar-refractivity contribution in [3.8, 4) is 6.19 Å².